The molecular weight excluding hydrogens is 248 g/mol. The fourth-order valence-electron chi connectivity index (χ4n) is 2.62. The third-order valence-electron chi connectivity index (χ3n) is 3.57. The SMILES string of the molecule is O=C1CNC(c2cccs2)N1CC1CCCCO1. The zero-order valence-electron chi connectivity index (χ0n) is 10.3. The van der Waals surface area contributed by atoms with Crippen LogP contribution in [0.25, 0.3) is 0 Å². The van der Waals surface area contributed by atoms with Gasteiger partial charge in [-0.3, -0.25) is 10.1 Å². The Kier molecular flexibility index (Phi) is 3.63. The highest BCUT2D eigenvalue weighted by Gasteiger charge is 2.34. The third kappa shape index (κ3) is 2.43. The van der Waals surface area contributed by atoms with Crippen LogP contribution in [0.4, 0.5) is 0 Å². The first-order chi connectivity index (χ1) is 8.84. The van der Waals surface area contributed by atoms with E-state index in [1.165, 1.54) is 11.3 Å². The van der Waals surface area contributed by atoms with Crippen LogP contribution in [0.3, 0.4) is 0 Å². The van der Waals surface area contributed by atoms with Crippen molar-refractivity contribution in [2.24, 2.45) is 0 Å². The van der Waals surface area contributed by atoms with Gasteiger partial charge in [-0.2, -0.15) is 0 Å². The van der Waals surface area contributed by atoms with Gasteiger partial charge < -0.3 is 9.64 Å². The number of amides is 1. The molecule has 2 unspecified atom stereocenters. The number of nitrogens with one attached hydrogen (secondary N) is 1. The molecule has 2 saturated heterocycles. The van der Waals surface area contributed by atoms with Crippen LogP contribution < -0.4 is 5.32 Å². The third-order valence-corrected chi connectivity index (χ3v) is 4.49. The van der Waals surface area contributed by atoms with Gasteiger partial charge in [0.05, 0.1) is 12.6 Å². The Morgan fingerprint density at radius 3 is 3.17 bits per heavy atom. The maximum absolute atomic E-state index is 12.0. The van der Waals surface area contributed by atoms with Gasteiger partial charge in [-0.05, 0) is 30.7 Å². The lowest BCUT2D eigenvalue weighted by Crippen LogP contribution is -2.38. The van der Waals surface area contributed by atoms with E-state index >= 15 is 0 Å². The first kappa shape index (κ1) is 12.1. The smallest absolute Gasteiger partial charge is 0.238 e. The Bertz CT molecular complexity index is 401. The molecule has 0 spiro atoms. The largest absolute Gasteiger partial charge is 0.376 e. The Morgan fingerprint density at radius 2 is 2.44 bits per heavy atom. The monoisotopic (exact) mass is 266 g/mol. The summed E-state index contributed by atoms with van der Waals surface area (Å²) in [6, 6.07) is 4.11. The number of hydrogen-bond donors (Lipinski definition) is 1. The lowest BCUT2D eigenvalue weighted by molar-refractivity contribution is -0.130. The average molecular weight is 266 g/mol. The summed E-state index contributed by atoms with van der Waals surface area (Å²) in [6.07, 6.45) is 3.69. The van der Waals surface area contributed by atoms with Gasteiger partial charge in [0, 0.05) is 18.0 Å². The van der Waals surface area contributed by atoms with Crippen LogP contribution in [0.1, 0.15) is 30.3 Å². The number of carbonyl (C=O) groups is 1. The van der Waals surface area contributed by atoms with Crippen molar-refractivity contribution in [1.29, 1.82) is 0 Å². The molecule has 3 heterocycles. The van der Waals surface area contributed by atoms with Crippen LogP contribution in [-0.4, -0.2) is 36.6 Å². The Morgan fingerprint density at radius 1 is 1.50 bits per heavy atom. The van der Waals surface area contributed by atoms with E-state index in [2.05, 4.69) is 16.8 Å². The van der Waals surface area contributed by atoms with E-state index < -0.39 is 0 Å². The van der Waals surface area contributed by atoms with Crippen molar-refractivity contribution in [3.8, 4) is 0 Å². The molecule has 0 aromatic carbocycles. The summed E-state index contributed by atoms with van der Waals surface area (Å²) in [4.78, 5) is 15.1. The Hall–Kier alpha value is -0.910. The van der Waals surface area contributed by atoms with Crippen LogP contribution in [0.2, 0.25) is 0 Å². The molecule has 1 N–H and O–H groups in total. The molecule has 0 radical (unpaired) electrons. The average Bonchev–Trinajstić information content (AvgIpc) is 3.02. The zero-order chi connectivity index (χ0) is 12.4. The van der Waals surface area contributed by atoms with E-state index in [-0.39, 0.29) is 18.2 Å². The number of hydrogen-bond acceptors (Lipinski definition) is 4. The topological polar surface area (TPSA) is 41.6 Å². The van der Waals surface area contributed by atoms with Crippen molar-refractivity contribution in [3.05, 3.63) is 22.4 Å². The van der Waals surface area contributed by atoms with Crippen LogP contribution in [-0.2, 0) is 9.53 Å². The zero-order valence-corrected chi connectivity index (χ0v) is 11.1. The van der Waals surface area contributed by atoms with Crippen molar-refractivity contribution in [2.45, 2.75) is 31.5 Å². The van der Waals surface area contributed by atoms with Gasteiger partial charge in [-0.1, -0.05) is 6.07 Å². The maximum atomic E-state index is 12.0. The second-order valence-corrected chi connectivity index (χ2v) is 5.81. The van der Waals surface area contributed by atoms with Crippen molar-refractivity contribution in [1.82, 2.24) is 10.2 Å². The normalized spacial score (nSPS) is 28.9. The molecule has 1 aromatic heterocycles. The summed E-state index contributed by atoms with van der Waals surface area (Å²) in [5.74, 6) is 0.183. The van der Waals surface area contributed by atoms with Gasteiger partial charge in [-0.25, -0.2) is 0 Å². The number of carbonyl (C=O) groups excluding carboxylic acids is 1. The molecule has 18 heavy (non-hydrogen) atoms. The van der Waals surface area contributed by atoms with Crippen molar-refractivity contribution >= 4 is 17.2 Å². The van der Waals surface area contributed by atoms with E-state index in [0.29, 0.717) is 13.1 Å². The molecule has 3 rings (SSSR count). The summed E-state index contributed by atoms with van der Waals surface area (Å²) >= 11 is 1.69. The lowest BCUT2D eigenvalue weighted by atomic mass is 10.1. The Labute approximate surface area is 111 Å². The first-order valence-corrected chi connectivity index (χ1v) is 7.40. The van der Waals surface area contributed by atoms with Gasteiger partial charge in [0.2, 0.25) is 5.91 Å². The van der Waals surface area contributed by atoms with Gasteiger partial charge >= 0.3 is 0 Å². The fourth-order valence-corrected chi connectivity index (χ4v) is 3.43. The van der Waals surface area contributed by atoms with Gasteiger partial charge in [0.1, 0.15) is 6.17 Å². The molecule has 0 aliphatic carbocycles. The Balaban J connectivity index is 1.69. The van der Waals surface area contributed by atoms with E-state index in [4.69, 9.17) is 4.74 Å². The van der Waals surface area contributed by atoms with Gasteiger partial charge in [0.25, 0.3) is 0 Å². The molecule has 2 aliphatic rings. The minimum atomic E-state index is 0.0445. The van der Waals surface area contributed by atoms with E-state index in [0.717, 1.165) is 19.4 Å². The number of nitrogens with zero attached hydrogens (tertiary/aromatic N) is 1. The second kappa shape index (κ2) is 5.38. The number of thiophene rings is 1. The number of ether oxygens (including phenoxy) is 1. The van der Waals surface area contributed by atoms with Crippen molar-refractivity contribution in [2.75, 3.05) is 19.7 Å². The summed E-state index contributed by atoms with van der Waals surface area (Å²) in [5, 5.41) is 5.33. The van der Waals surface area contributed by atoms with Crippen molar-refractivity contribution < 1.29 is 9.53 Å². The van der Waals surface area contributed by atoms with Crippen LogP contribution in [0.15, 0.2) is 17.5 Å². The molecule has 2 aliphatic heterocycles. The molecular formula is C13H18N2O2S. The van der Waals surface area contributed by atoms with Crippen LogP contribution in [0, 0.1) is 0 Å². The minimum Gasteiger partial charge on any atom is -0.376 e. The molecule has 4 nitrogen and oxygen atoms in total. The fraction of sp³-hybridized carbons (Fsp3) is 0.615. The summed E-state index contributed by atoms with van der Waals surface area (Å²) in [6.45, 7) is 1.99. The van der Waals surface area contributed by atoms with E-state index in [1.807, 2.05) is 11.0 Å². The van der Waals surface area contributed by atoms with Crippen LogP contribution in [0.5, 0.6) is 0 Å². The lowest BCUT2D eigenvalue weighted by Gasteiger charge is -2.30. The molecule has 0 saturated carbocycles. The second-order valence-electron chi connectivity index (χ2n) is 4.83. The molecule has 2 atom stereocenters. The quantitative estimate of drug-likeness (QED) is 0.906. The molecule has 5 heteroatoms. The van der Waals surface area contributed by atoms with Gasteiger partial charge in [0.15, 0.2) is 0 Å². The highest BCUT2D eigenvalue weighted by Crippen LogP contribution is 2.27. The highest BCUT2D eigenvalue weighted by molar-refractivity contribution is 7.10. The van der Waals surface area contributed by atoms with Gasteiger partial charge in [-0.15, -0.1) is 11.3 Å². The number of rotatable bonds is 3. The summed E-state index contributed by atoms with van der Waals surface area (Å²) in [5.41, 5.74) is 0. The maximum Gasteiger partial charge on any atom is 0.238 e. The van der Waals surface area contributed by atoms with E-state index in [9.17, 15) is 4.79 Å². The molecule has 0 bridgehead atoms. The summed E-state index contributed by atoms with van der Waals surface area (Å²) in [7, 11) is 0. The predicted molar refractivity (Wildman–Crippen MR) is 70.4 cm³/mol. The van der Waals surface area contributed by atoms with Crippen LogP contribution >= 0.6 is 11.3 Å². The molecule has 2 fully saturated rings. The molecule has 98 valence electrons. The summed E-state index contributed by atoms with van der Waals surface area (Å²) < 4.78 is 5.74. The highest BCUT2D eigenvalue weighted by atomic mass is 32.1. The van der Waals surface area contributed by atoms with Crippen molar-refractivity contribution in [3.63, 3.8) is 0 Å². The van der Waals surface area contributed by atoms with E-state index in [1.54, 1.807) is 11.3 Å². The molecule has 1 amide bonds. The first-order valence-electron chi connectivity index (χ1n) is 6.52. The minimum absolute atomic E-state index is 0.0445. The predicted octanol–water partition coefficient (Wildman–Crippen LogP) is 1.75. The standard InChI is InChI=1S/C13H18N2O2S/c16-12-8-14-13(11-5-3-7-18-11)15(12)9-10-4-1-2-6-17-10/h3,5,7,10,13-14H,1-2,4,6,8-9H2. The molecule has 1 aromatic rings.